The van der Waals surface area contributed by atoms with Crippen LogP contribution in [0.25, 0.3) is 0 Å². The Morgan fingerprint density at radius 1 is 1.35 bits per heavy atom. The number of nitrogens with zero attached hydrogens (tertiary/aromatic N) is 1. The Labute approximate surface area is 123 Å². The second-order valence-corrected chi connectivity index (χ2v) is 5.58. The molecule has 0 aliphatic rings. The number of amides is 2. The van der Waals surface area contributed by atoms with Crippen molar-refractivity contribution < 1.29 is 14.7 Å². The van der Waals surface area contributed by atoms with Crippen molar-refractivity contribution in [2.24, 2.45) is 0 Å². The minimum absolute atomic E-state index is 0.270. The van der Waals surface area contributed by atoms with Crippen LogP contribution >= 0.6 is 11.6 Å². The van der Waals surface area contributed by atoms with Crippen LogP contribution in [-0.2, 0) is 4.79 Å². The van der Waals surface area contributed by atoms with Gasteiger partial charge in [-0.3, -0.25) is 0 Å². The predicted molar refractivity (Wildman–Crippen MR) is 77.9 cm³/mol. The lowest BCUT2D eigenvalue weighted by atomic mass is 10.1. The molecule has 110 valence electrons. The first kappa shape index (κ1) is 16.3. The fourth-order valence-corrected chi connectivity index (χ4v) is 1.90. The van der Waals surface area contributed by atoms with Crippen molar-refractivity contribution in [1.82, 2.24) is 10.2 Å². The molecule has 1 rings (SSSR count). The summed E-state index contributed by atoms with van der Waals surface area (Å²) in [4.78, 5) is 24.5. The highest BCUT2D eigenvalue weighted by Gasteiger charge is 2.31. The Morgan fingerprint density at radius 3 is 2.40 bits per heavy atom. The van der Waals surface area contributed by atoms with Crippen LogP contribution in [0.15, 0.2) is 24.3 Å². The standard InChI is InChI=1S/C14H19ClN2O3/c1-9(10-7-5-6-8-11(10)15)17(4)13(20)16-14(2,3)12(18)19/h5-9H,1-4H3,(H,16,20)(H,18,19). The molecule has 5 nitrogen and oxygen atoms in total. The van der Waals surface area contributed by atoms with E-state index in [1.165, 1.54) is 18.7 Å². The number of aliphatic carboxylic acids is 1. The molecule has 2 amide bonds. The molecule has 0 heterocycles. The van der Waals surface area contributed by atoms with Crippen LogP contribution in [0.3, 0.4) is 0 Å². The highest BCUT2D eigenvalue weighted by Crippen LogP contribution is 2.26. The number of carboxylic acids is 1. The molecular weight excluding hydrogens is 280 g/mol. The van der Waals surface area contributed by atoms with Gasteiger partial charge in [-0.1, -0.05) is 29.8 Å². The van der Waals surface area contributed by atoms with Crippen molar-refractivity contribution in [3.8, 4) is 0 Å². The number of nitrogens with one attached hydrogen (secondary N) is 1. The van der Waals surface area contributed by atoms with Crippen molar-refractivity contribution in [3.05, 3.63) is 34.9 Å². The van der Waals surface area contributed by atoms with Crippen LogP contribution < -0.4 is 5.32 Å². The summed E-state index contributed by atoms with van der Waals surface area (Å²) in [5.74, 6) is -1.09. The number of urea groups is 1. The van der Waals surface area contributed by atoms with Gasteiger partial charge in [-0.15, -0.1) is 0 Å². The van der Waals surface area contributed by atoms with Gasteiger partial charge in [-0.2, -0.15) is 0 Å². The van der Waals surface area contributed by atoms with Gasteiger partial charge in [0.1, 0.15) is 5.54 Å². The van der Waals surface area contributed by atoms with Gasteiger partial charge in [0.15, 0.2) is 0 Å². The largest absolute Gasteiger partial charge is 0.480 e. The van der Waals surface area contributed by atoms with Gasteiger partial charge < -0.3 is 15.3 Å². The zero-order valence-corrected chi connectivity index (χ0v) is 12.7. The molecular formula is C14H19ClN2O3. The molecule has 6 heteroatoms. The highest BCUT2D eigenvalue weighted by atomic mass is 35.5. The zero-order valence-electron chi connectivity index (χ0n) is 12.0. The summed E-state index contributed by atoms with van der Waals surface area (Å²) in [7, 11) is 1.60. The predicted octanol–water partition coefficient (Wildman–Crippen LogP) is 2.91. The summed E-state index contributed by atoms with van der Waals surface area (Å²) in [6, 6.07) is 6.49. The fourth-order valence-electron chi connectivity index (χ4n) is 1.61. The third kappa shape index (κ3) is 3.63. The van der Waals surface area contributed by atoms with E-state index in [-0.39, 0.29) is 6.04 Å². The molecule has 0 aliphatic heterocycles. The first-order valence-corrected chi connectivity index (χ1v) is 6.57. The van der Waals surface area contributed by atoms with Crippen LogP contribution in [0.5, 0.6) is 0 Å². The molecule has 0 aromatic heterocycles. The second kappa shape index (κ2) is 6.13. The van der Waals surface area contributed by atoms with Gasteiger partial charge in [-0.25, -0.2) is 9.59 Å². The minimum Gasteiger partial charge on any atom is -0.480 e. The van der Waals surface area contributed by atoms with Crippen molar-refractivity contribution in [1.29, 1.82) is 0 Å². The van der Waals surface area contributed by atoms with Crippen LogP contribution in [0.4, 0.5) is 4.79 Å². The Balaban J connectivity index is 2.85. The molecule has 0 spiro atoms. The fraction of sp³-hybridized carbons (Fsp3) is 0.429. The molecule has 2 N–H and O–H groups in total. The van der Waals surface area contributed by atoms with Gasteiger partial charge in [-0.05, 0) is 32.4 Å². The summed E-state index contributed by atoms with van der Waals surface area (Å²) in [6.07, 6.45) is 0. The molecule has 0 saturated heterocycles. The van der Waals surface area contributed by atoms with E-state index >= 15 is 0 Å². The topological polar surface area (TPSA) is 69.6 Å². The molecule has 0 bridgehead atoms. The van der Waals surface area contributed by atoms with Crippen molar-refractivity contribution >= 4 is 23.6 Å². The van der Waals surface area contributed by atoms with E-state index in [4.69, 9.17) is 16.7 Å². The van der Waals surface area contributed by atoms with Crippen molar-refractivity contribution in [3.63, 3.8) is 0 Å². The second-order valence-electron chi connectivity index (χ2n) is 5.17. The molecule has 1 unspecified atom stereocenters. The van der Waals surface area contributed by atoms with E-state index in [2.05, 4.69) is 5.32 Å². The normalized spacial score (nSPS) is 12.7. The Bertz CT molecular complexity index is 517. The van der Waals surface area contributed by atoms with Gasteiger partial charge in [0.2, 0.25) is 0 Å². The van der Waals surface area contributed by atoms with Gasteiger partial charge >= 0.3 is 12.0 Å². The number of carbonyl (C=O) groups is 2. The highest BCUT2D eigenvalue weighted by molar-refractivity contribution is 6.31. The average Bonchev–Trinajstić information content (AvgIpc) is 2.36. The lowest BCUT2D eigenvalue weighted by molar-refractivity contribution is -0.143. The summed E-state index contributed by atoms with van der Waals surface area (Å²) in [5, 5.41) is 12.1. The maximum atomic E-state index is 12.1. The molecule has 1 atom stereocenters. The number of hydrogen-bond donors (Lipinski definition) is 2. The molecule has 20 heavy (non-hydrogen) atoms. The number of carboxylic acid groups (broad SMARTS) is 1. The monoisotopic (exact) mass is 298 g/mol. The van der Waals surface area contributed by atoms with Gasteiger partial charge in [0, 0.05) is 12.1 Å². The molecule has 0 radical (unpaired) electrons. The summed E-state index contributed by atoms with van der Waals surface area (Å²) in [5.41, 5.74) is -0.522. The van der Waals surface area contributed by atoms with Crippen molar-refractivity contribution in [2.75, 3.05) is 7.05 Å². The van der Waals surface area contributed by atoms with Crippen LogP contribution in [-0.4, -0.2) is 34.6 Å². The lowest BCUT2D eigenvalue weighted by Gasteiger charge is -2.30. The molecule has 0 aliphatic carbocycles. The summed E-state index contributed by atoms with van der Waals surface area (Å²) in [6.45, 7) is 4.69. The lowest BCUT2D eigenvalue weighted by Crippen LogP contribution is -2.53. The molecule has 0 saturated carbocycles. The first-order chi connectivity index (χ1) is 9.16. The quantitative estimate of drug-likeness (QED) is 0.898. The van der Waals surface area contributed by atoms with Crippen LogP contribution in [0.1, 0.15) is 32.4 Å². The maximum absolute atomic E-state index is 12.1. The van der Waals surface area contributed by atoms with Gasteiger partial charge in [0.25, 0.3) is 0 Å². The number of carbonyl (C=O) groups excluding carboxylic acids is 1. The third-order valence-corrected chi connectivity index (χ3v) is 3.55. The van der Waals surface area contributed by atoms with Crippen molar-refractivity contribution in [2.45, 2.75) is 32.4 Å². The van der Waals surface area contributed by atoms with E-state index in [0.29, 0.717) is 5.02 Å². The SMILES string of the molecule is CC(c1ccccc1Cl)N(C)C(=O)NC(C)(C)C(=O)O. The van der Waals surface area contributed by atoms with Crippen LogP contribution in [0, 0.1) is 0 Å². The smallest absolute Gasteiger partial charge is 0.328 e. The van der Waals surface area contributed by atoms with E-state index in [0.717, 1.165) is 5.56 Å². The Hall–Kier alpha value is -1.75. The van der Waals surface area contributed by atoms with Gasteiger partial charge in [0.05, 0.1) is 6.04 Å². The molecule has 1 aromatic carbocycles. The first-order valence-electron chi connectivity index (χ1n) is 6.19. The Kier molecular flexibility index (Phi) is 5.00. The number of halogens is 1. The average molecular weight is 299 g/mol. The summed E-state index contributed by atoms with van der Waals surface area (Å²) >= 11 is 6.10. The number of benzene rings is 1. The van der Waals surface area contributed by atoms with Crippen LogP contribution in [0.2, 0.25) is 5.02 Å². The maximum Gasteiger partial charge on any atom is 0.328 e. The van der Waals surface area contributed by atoms with E-state index in [1.54, 1.807) is 13.1 Å². The summed E-state index contributed by atoms with van der Waals surface area (Å²) < 4.78 is 0. The molecule has 0 fully saturated rings. The number of rotatable bonds is 4. The Morgan fingerprint density at radius 2 is 1.90 bits per heavy atom. The van der Waals surface area contributed by atoms with E-state index < -0.39 is 17.5 Å². The molecule has 1 aromatic rings. The van der Waals surface area contributed by atoms with E-state index in [9.17, 15) is 9.59 Å². The van der Waals surface area contributed by atoms with E-state index in [1.807, 2.05) is 25.1 Å². The third-order valence-electron chi connectivity index (χ3n) is 3.21. The minimum atomic E-state index is -1.33. The zero-order chi connectivity index (χ0) is 15.5. The number of hydrogen-bond acceptors (Lipinski definition) is 2.